The number of piperidine rings is 1. The molecule has 8 heteroatoms. The number of carbonyl (C=O) groups is 1. The second kappa shape index (κ2) is 5.93. The van der Waals surface area contributed by atoms with Gasteiger partial charge in [0.2, 0.25) is 5.91 Å². The van der Waals surface area contributed by atoms with Crippen molar-refractivity contribution < 1.29 is 13.2 Å². The van der Waals surface area contributed by atoms with Crippen molar-refractivity contribution in [2.45, 2.75) is 25.7 Å². The van der Waals surface area contributed by atoms with Gasteiger partial charge in [0.25, 0.3) is 10.2 Å². The lowest BCUT2D eigenvalue weighted by Gasteiger charge is -2.44. The van der Waals surface area contributed by atoms with E-state index in [1.165, 1.54) is 4.31 Å². The molecule has 0 aromatic heterocycles. The van der Waals surface area contributed by atoms with Gasteiger partial charge in [0, 0.05) is 47.3 Å². The molecular formula is C16H30N4O3S. The first kappa shape index (κ1) is 18.1. The highest BCUT2D eigenvalue weighted by molar-refractivity contribution is 7.86. The number of amides is 1. The van der Waals surface area contributed by atoms with E-state index < -0.39 is 10.2 Å². The van der Waals surface area contributed by atoms with Gasteiger partial charge in [-0.1, -0.05) is 0 Å². The minimum absolute atomic E-state index is 0.107. The van der Waals surface area contributed by atoms with Crippen molar-refractivity contribution in [3.63, 3.8) is 0 Å². The molecule has 24 heavy (non-hydrogen) atoms. The van der Waals surface area contributed by atoms with E-state index in [2.05, 4.69) is 17.3 Å². The molecular weight excluding hydrogens is 328 g/mol. The molecule has 2 aliphatic heterocycles. The van der Waals surface area contributed by atoms with Gasteiger partial charge in [-0.05, 0) is 44.1 Å². The van der Waals surface area contributed by atoms with E-state index in [1.54, 1.807) is 25.4 Å². The molecule has 0 unspecified atom stereocenters. The summed E-state index contributed by atoms with van der Waals surface area (Å²) >= 11 is 0. The van der Waals surface area contributed by atoms with Crippen LogP contribution in [-0.2, 0) is 15.0 Å². The summed E-state index contributed by atoms with van der Waals surface area (Å²) in [5.74, 6) is 0.497. The van der Waals surface area contributed by atoms with Gasteiger partial charge < -0.3 is 10.2 Å². The van der Waals surface area contributed by atoms with Crippen molar-refractivity contribution in [3.05, 3.63) is 0 Å². The first-order valence-electron chi connectivity index (χ1n) is 8.76. The first-order chi connectivity index (χ1) is 11.2. The van der Waals surface area contributed by atoms with E-state index in [9.17, 15) is 13.2 Å². The topological polar surface area (TPSA) is 73.0 Å². The van der Waals surface area contributed by atoms with Crippen LogP contribution in [0, 0.1) is 16.7 Å². The van der Waals surface area contributed by atoms with Gasteiger partial charge in [-0.15, -0.1) is 0 Å². The van der Waals surface area contributed by atoms with E-state index in [-0.39, 0.29) is 16.7 Å². The number of hydrogen-bond acceptors (Lipinski definition) is 4. The quantitative estimate of drug-likeness (QED) is 0.769. The van der Waals surface area contributed by atoms with Crippen LogP contribution in [0.15, 0.2) is 0 Å². The number of likely N-dealkylation sites (tertiary alicyclic amines) is 1. The Hall–Kier alpha value is -0.700. The predicted octanol–water partition coefficient (Wildman–Crippen LogP) is -0.0372. The molecule has 3 aliphatic rings. The molecule has 1 amide bonds. The van der Waals surface area contributed by atoms with Crippen LogP contribution in [-0.4, -0.2) is 82.2 Å². The summed E-state index contributed by atoms with van der Waals surface area (Å²) < 4.78 is 27.6. The highest BCUT2D eigenvalue weighted by atomic mass is 32.2. The average molecular weight is 359 g/mol. The number of rotatable bonds is 3. The molecule has 138 valence electrons. The molecule has 2 saturated heterocycles. The molecule has 1 aliphatic carbocycles. The SMILES string of the molecule is CNC(=O)[C@@]12CCC3(CCN(S(=O)(=O)N(C)C)CC3)[C@@H]1CN(C)C2. The van der Waals surface area contributed by atoms with E-state index in [0.717, 1.165) is 38.8 Å². The van der Waals surface area contributed by atoms with Crippen LogP contribution in [0.5, 0.6) is 0 Å². The van der Waals surface area contributed by atoms with Crippen molar-refractivity contribution in [1.82, 2.24) is 18.8 Å². The second-order valence-corrected chi connectivity index (χ2v) is 10.2. The molecule has 0 radical (unpaired) electrons. The van der Waals surface area contributed by atoms with Crippen molar-refractivity contribution in [1.29, 1.82) is 0 Å². The highest BCUT2D eigenvalue weighted by Gasteiger charge is 2.63. The predicted molar refractivity (Wildman–Crippen MR) is 92.6 cm³/mol. The van der Waals surface area contributed by atoms with Gasteiger partial charge in [0.1, 0.15) is 0 Å². The zero-order valence-corrected chi connectivity index (χ0v) is 16.0. The van der Waals surface area contributed by atoms with Crippen LogP contribution in [0.1, 0.15) is 25.7 Å². The Balaban J connectivity index is 1.81. The number of nitrogens with one attached hydrogen (secondary N) is 1. The van der Waals surface area contributed by atoms with Crippen molar-refractivity contribution in [2.24, 2.45) is 16.7 Å². The van der Waals surface area contributed by atoms with Gasteiger partial charge in [0.15, 0.2) is 0 Å². The van der Waals surface area contributed by atoms with Gasteiger partial charge >= 0.3 is 0 Å². The van der Waals surface area contributed by atoms with Crippen LogP contribution >= 0.6 is 0 Å². The van der Waals surface area contributed by atoms with Crippen LogP contribution in [0.2, 0.25) is 0 Å². The third kappa shape index (κ3) is 2.50. The van der Waals surface area contributed by atoms with Crippen molar-refractivity contribution in [2.75, 3.05) is 54.4 Å². The maximum absolute atomic E-state index is 12.7. The number of nitrogens with zero attached hydrogens (tertiary/aromatic N) is 3. The van der Waals surface area contributed by atoms with E-state index in [0.29, 0.717) is 19.0 Å². The Morgan fingerprint density at radius 2 is 1.79 bits per heavy atom. The monoisotopic (exact) mass is 358 g/mol. The molecule has 0 bridgehead atoms. The maximum atomic E-state index is 12.7. The Bertz CT molecular complexity index is 613. The highest BCUT2D eigenvalue weighted by Crippen LogP contribution is 2.61. The van der Waals surface area contributed by atoms with E-state index in [1.807, 2.05) is 0 Å². The minimum atomic E-state index is -3.34. The molecule has 2 atom stereocenters. The molecule has 1 saturated carbocycles. The summed E-state index contributed by atoms with van der Waals surface area (Å²) in [4.78, 5) is 14.9. The summed E-state index contributed by atoms with van der Waals surface area (Å²) in [5, 5.41) is 2.88. The fraction of sp³-hybridized carbons (Fsp3) is 0.938. The first-order valence-corrected chi connectivity index (χ1v) is 10.2. The average Bonchev–Trinajstić information content (AvgIpc) is 3.03. The van der Waals surface area contributed by atoms with Crippen LogP contribution in [0.25, 0.3) is 0 Å². The number of carbonyl (C=O) groups excluding carboxylic acids is 1. The Kier molecular flexibility index (Phi) is 4.47. The summed E-state index contributed by atoms with van der Waals surface area (Å²) in [6, 6.07) is 0. The number of fused-ring (bicyclic) bond motifs is 2. The van der Waals surface area contributed by atoms with Gasteiger partial charge in [-0.3, -0.25) is 4.79 Å². The van der Waals surface area contributed by atoms with E-state index >= 15 is 0 Å². The van der Waals surface area contributed by atoms with Crippen LogP contribution in [0.4, 0.5) is 0 Å². The van der Waals surface area contributed by atoms with Crippen LogP contribution < -0.4 is 5.32 Å². The summed E-state index contributed by atoms with van der Waals surface area (Å²) in [6.07, 6.45) is 3.67. The zero-order chi connectivity index (χ0) is 17.8. The van der Waals surface area contributed by atoms with Gasteiger partial charge in [0.05, 0.1) is 5.41 Å². The zero-order valence-electron chi connectivity index (χ0n) is 15.2. The van der Waals surface area contributed by atoms with Gasteiger partial charge in [-0.2, -0.15) is 17.0 Å². The fourth-order valence-electron chi connectivity index (χ4n) is 5.41. The largest absolute Gasteiger partial charge is 0.359 e. The molecule has 3 rings (SSSR count). The molecule has 1 spiro atoms. The molecule has 1 N–H and O–H groups in total. The Labute approximate surface area is 145 Å². The number of hydrogen-bond donors (Lipinski definition) is 1. The smallest absolute Gasteiger partial charge is 0.281 e. The third-order valence-corrected chi connectivity index (χ3v) is 8.65. The molecule has 7 nitrogen and oxygen atoms in total. The standard InChI is InChI=1S/C16H30N4O3S/c1-17-14(21)16-6-5-15(13(16)11-19(4)12-16)7-9-20(10-8-15)24(22,23)18(2)3/h13H,5-12H2,1-4H3,(H,17,21)/t13-,16+/m0/s1. The third-order valence-electron chi connectivity index (χ3n) is 6.71. The molecule has 0 aromatic carbocycles. The molecule has 3 fully saturated rings. The minimum Gasteiger partial charge on any atom is -0.359 e. The van der Waals surface area contributed by atoms with Crippen molar-refractivity contribution >= 4 is 16.1 Å². The molecule has 2 heterocycles. The Morgan fingerprint density at radius 1 is 1.17 bits per heavy atom. The fourth-order valence-corrected chi connectivity index (χ4v) is 6.51. The summed E-state index contributed by atoms with van der Waals surface area (Å²) in [6.45, 7) is 2.88. The lowest BCUT2D eigenvalue weighted by molar-refractivity contribution is -0.132. The summed E-state index contributed by atoms with van der Waals surface area (Å²) in [5.41, 5.74) is -0.179. The van der Waals surface area contributed by atoms with Gasteiger partial charge in [-0.25, -0.2) is 0 Å². The molecule has 0 aromatic rings. The lowest BCUT2D eigenvalue weighted by Crippen LogP contribution is -2.51. The van der Waals surface area contributed by atoms with E-state index in [4.69, 9.17) is 0 Å². The second-order valence-electron chi connectivity index (χ2n) is 8.04. The normalized spacial score (nSPS) is 34.0. The maximum Gasteiger partial charge on any atom is 0.281 e. The summed E-state index contributed by atoms with van der Waals surface area (Å²) in [7, 11) is 3.64. The van der Waals surface area contributed by atoms with Crippen molar-refractivity contribution in [3.8, 4) is 0 Å². The Morgan fingerprint density at radius 3 is 2.33 bits per heavy atom. The lowest BCUT2D eigenvalue weighted by atomic mass is 9.66. The van der Waals surface area contributed by atoms with Crippen LogP contribution in [0.3, 0.4) is 0 Å².